The van der Waals surface area contributed by atoms with E-state index in [1.54, 1.807) is 20.8 Å². The molecule has 48 heavy (non-hydrogen) atoms. The maximum absolute atomic E-state index is 13.3. The van der Waals surface area contributed by atoms with Crippen LogP contribution in [-0.2, 0) is 42.9 Å². The number of allylic oxidation sites excluding steroid dienone is 1. The summed E-state index contributed by atoms with van der Waals surface area (Å²) in [6, 6.07) is 0. The number of rotatable bonds is 15. The third-order valence-electron chi connectivity index (χ3n) is 9.36. The Balaban J connectivity index is 2.83. The number of ether oxygens (including phenoxy) is 4. The maximum Gasteiger partial charge on any atom is 0.338 e. The fourth-order valence-electron chi connectivity index (χ4n) is 6.58. The van der Waals surface area contributed by atoms with E-state index >= 15 is 0 Å². The molecule has 0 amide bonds. The smallest absolute Gasteiger partial charge is 0.338 e. The molecule has 0 radical (unpaired) electrons. The van der Waals surface area contributed by atoms with Crippen LogP contribution in [0.4, 0.5) is 0 Å². The van der Waals surface area contributed by atoms with Crippen molar-refractivity contribution in [2.45, 2.75) is 154 Å². The van der Waals surface area contributed by atoms with E-state index in [0.717, 1.165) is 13.8 Å². The van der Waals surface area contributed by atoms with Crippen molar-refractivity contribution >= 4 is 29.8 Å². The van der Waals surface area contributed by atoms with Gasteiger partial charge >= 0.3 is 29.8 Å². The number of carboxylic acids is 1. The van der Waals surface area contributed by atoms with E-state index < -0.39 is 89.5 Å². The highest BCUT2D eigenvalue weighted by molar-refractivity contribution is 5.88. The first-order valence-electron chi connectivity index (χ1n) is 16.4. The number of hydrogen-bond acceptors (Lipinski definition) is 13. The zero-order valence-corrected chi connectivity index (χ0v) is 29.1. The second kappa shape index (κ2) is 16.4. The van der Waals surface area contributed by atoms with Crippen molar-refractivity contribution in [3.05, 3.63) is 22.8 Å². The molecule has 0 aliphatic heterocycles. The van der Waals surface area contributed by atoms with Crippen LogP contribution in [0.3, 0.4) is 0 Å². The topological polar surface area (TPSA) is 223 Å². The Kier molecular flexibility index (Phi) is 13.9. The molecule has 2 aliphatic carbocycles. The van der Waals surface area contributed by atoms with Gasteiger partial charge in [-0.15, -0.1) is 0 Å². The number of carbonyl (C=O) groups is 5. The quantitative estimate of drug-likeness (QED) is 0.0550. The van der Waals surface area contributed by atoms with Crippen molar-refractivity contribution in [1.82, 2.24) is 0 Å². The Morgan fingerprint density at radius 1 is 1.04 bits per heavy atom. The summed E-state index contributed by atoms with van der Waals surface area (Å²) in [7, 11) is 0. The highest BCUT2D eigenvalue weighted by Gasteiger charge is 2.71. The van der Waals surface area contributed by atoms with Crippen LogP contribution in [0.15, 0.2) is 22.8 Å². The Hall–Kier alpha value is -3.33. The number of aliphatic hydroxyl groups is 4. The highest BCUT2D eigenvalue weighted by atomic mass is 16.6. The maximum atomic E-state index is 13.3. The molecular formula is C34H52O14. The first kappa shape index (κ1) is 40.8. The zero-order valence-electron chi connectivity index (χ0n) is 29.1. The van der Waals surface area contributed by atoms with E-state index in [-0.39, 0.29) is 29.6 Å². The summed E-state index contributed by atoms with van der Waals surface area (Å²) < 4.78 is 23.1. The monoisotopic (exact) mass is 684 g/mol. The Morgan fingerprint density at radius 3 is 2.17 bits per heavy atom. The molecule has 0 bridgehead atoms. The molecule has 0 aromatic rings. The lowest BCUT2D eigenvalue weighted by Gasteiger charge is -2.45. The third-order valence-corrected chi connectivity index (χ3v) is 9.36. The van der Waals surface area contributed by atoms with Crippen LogP contribution in [0.1, 0.15) is 107 Å². The number of carboxylic acid groups (broad SMARTS) is 1. The van der Waals surface area contributed by atoms with Crippen molar-refractivity contribution < 1.29 is 68.5 Å². The SMILES string of the molecule is C/C=C(/C)C(=O)O[C@H]1C(C)=C2[C@H]([C@@H]1OC(=O)CCCCC[C@H](C)O)[C@@](C)(OC(C)=O)C[C@H](OC(=O)CCC)[C@](O)([C@](C)(O)C(=O)O)[C@H]2O. The van der Waals surface area contributed by atoms with Crippen molar-refractivity contribution in [3.63, 3.8) is 0 Å². The van der Waals surface area contributed by atoms with Gasteiger partial charge in [0, 0.05) is 31.8 Å². The molecule has 0 heterocycles. The molecule has 0 saturated heterocycles. The lowest BCUT2D eigenvalue weighted by atomic mass is 9.73. The van der Waals surface area contributed by atoms with E-state index in [4.69, 9.17) is 18.9 Å². The van der Waals surface area contributed by atoms with Crippen LogP contribution in [-0.4, -0.2) is 103 Å². The minimum atomic E-state index is -3.17. The van der Waals surface area contributed by atoms with Gasteiger partial charge in [-0.1, -0.05) is 25.8 Å². The van der Waals surface area contributed by atoms with Crippen molar-refractivity contribution in [3.8, 4) is 0 Å². The molecule has 0 aromatic heterocycles. The fourth-order valence-corrected chi connectivity index (χ4v) is 6.58. The molecule has 0 spiro atoms. The van der Waals surface area contributed by atoms with Gasteiger partial charge in [0.05, 0.1) is 12.0 Å². The van der Waals surface area contributed by atoms with Crippen molar-refractivity contribution in [1.29, 1.82) is 0 Å². The van der Waals surface area contributed by atoms with E-state index in [1.165, 1.54) is 26.8 Å². The first-order valence-corrected chi connectivity index (χ1v) is 16.4. The molecule has 1 saturated carbocycles. The normalized spacial score (nSPS) is 30.8. The van der Waals surface area contributed by atoms with Gasteiger partial charge in [-0.2, -0.15) is 0 Å². The Bertz CT molecular complexity index is 1280. The standard InChI is InChI=1S/C34H52O14/c1-9-14-23(37)45-22-17-32(7,48-21(6)36)26-25(29(39)34(22,44)33(8,43)31(41)42)20(5)27(47-30(40)18(3)10-2)28(26)46-24(38)16-13-11-12-15-19(4)35/h10,19,22,26-29,35,39,43-44H,9,11-17H2,1-8H3,(H,41,42)/b18-10-/t19-,22-,26+,27-,28-,29-,32-,33+,34+/m0/s1. The summed E-state index contributed by atoms with van der Waals surface area (Å²) in [6.45, 7) is 11.0. The number of esters is 4. The first-order chi connectivity index (χ1) is 22.2. The average molecular weight is 685 g/mol. The average Bonchev–Trinajstić information content (AvgIpc) is 3.21. The van der Waals surface area contributed by atoms with E-state index in [0.29, 0.717) is 32.1 Å². The van der Waals surface area contributed by atoms with Crippen LogP contribution in [0.2, 0.25) is 0 Å². The van der Waals surface area contributed by atoms with E-state index in [2.05, 4.69) is 0 Å². The lowest BCUT2D eigenvalue weighted by molar-refractivity contribution is -0.247. The molecule has 2 aliphatic rings. The summed E-state index contributed by atoms with van der Waals surface area (Å²) in [4.78, 5) is 64.2. The number of carbonyl (C=O) groups excluding carboxylic acids is 4. The van der Waals surface area contributed by atoms with Gasteiger partial charge < -0.3 is 44.5 Å². The van der Waals surface area contributed by atoms with Crippen molar-refractivity contribution in [2.24, 2.45) is 5.92 Å². The van der Waals surface area contributed by atoms with Gasteiger partial charge in [-0.3, -0.25) is 14.4 Å². The fraction of sp³-hybridized carbons (Fsp3) is 0.735. The Labute approximate surface area is 281 Å². The zero-order chi connectivity index (χ0) is 36.8. The van der Waals surface area contributed by atoms with Crippen LogP contribution >= 0.6 is 0 Å². The predicted molar refractivity (Wildman–Crippen MR) is 169 cm³/mol. The molecule has 9 atom stereocenters. The summed E-state index contributed by atoms with van der Waals surface area (Å²) >= 11 is 0. The van der Waals surface area contributed by atoms with Gasteiger partial charge in [-0.25, -0.2) is 9.59 Å². The summed E-state index contributed by atoms with van der Waals surface area (Å²) in [5.41, 5.74) is -8.22. The molecule has 14 nitrogen and oxygen atoms in total. The highest BCUT2D eigenvalue weighted by Crippen LogP contribution is 2.54. The summed E-state index contributed by atoms with van der Waals surface area (Å²) in [5, 5.41) is 55.2. The van der Waals surface area contributed by atoms with Gasteiger partial charge in [0.1, 0.15) is 17.8 Å². The van der Waals surface area contributed by atoms with E-state index in [9.17, 15) is 49.5 Å². The molecule has 0 unspecified atom stereocenters. The predicted octanol–water partition coefficient (Wildman–Crippen LogP) is 2.42. The van der Waals surface area contributed by atoms with Gasteiger partial charge in [0.2, 0.25) is 0 Å². The number of hydrogen-bond donors (Lipinski definition) is 5. The summed E-state index contributed by atoms with van der Waals surface area (Å²) in [5.74, 6) is -6.62. The molecule has 5 N–H and O–H groups in total. The minimum Gasteiger partial charge on any atom is -0.479 e. The molecule has 272 valence electrons. The van der Waals surface area contributed by atoms with Crippen LogP contribution in [0.5, 0.6) is 0 Å². The molecule has 2 rings (SSSR count). The van der Waals surface area contributed by atoms with Gasteiger partial charge in [-0.05, 0) is 72.0 Å². The second-order valence-corrected chi connectivity index (χ2v) is 13.3. The van der Waals surface area contributed by atoms with Crippen LogP contribution in [0, 0.1) is 5.92 Å². The molecular weight excluding hydrogens is 632 g/mol. The number of aliphatic hydroxyl groups excluding tert-OH is 2. The van der Waals surface area contributed by atoms with Crippen LogP contribution in [0.25, 0.3) is 0 Å². The molecule has 0 aromatic carbocycles. The largest absolute Gasteiger partial charge is 0.479 e. The number of aliphatic carboxylic acids is 1. The van der Waals surface area contributed by atoms with Gasteiger partial charge in [0.15, 0.2) is 23.4 Å². The van der Waals surface area contributed by atoms with Crippen LogP contribution < -0.4 is 0 Å². The summed E-state index contributed by atoms with van der Waals surface area (Å²) in [6.07, 6.45) is -4.59. The number of fused-ring (bicyclic) bond motifs is 1. The van der Waals surface area contributed by atoms with E-state index in [1.807, 2.05) is 0 Å². The molecule has 1 fully saturated rings. The third kappa shape index (κ3) is 8.63. The Morgan fingerprint density at radius 2 is 1.65 bits per heavy atom. The molecule has 14 heteroatoms. The van der Waals surface area contributed by atoms with Gasteiger partial charge in [0.25, 0.3) is 0 Å². The second-order valence-electron chi connectivity index (χ2n) is 13.3. The van der Waals surface area contributed by atoms with Crippen molar-refractivity contribution in [2.75, 3.05) is 0 Å². The minimum absolute atomic E-state index is 0.0398. The number of unbranched alkanes of at least 4 members (excludes halogenated alkanes) is 2. The lowest BCUT2D eigenvalue weighted by Crippen LogP contribution is -2.70.